The second-order valence-electron chi connectivity index (χ2n) is 7.46. The minimum atomic E-state index is -3.53. The Morgan fingerprint density at radius 2 is 1.66 bits per heavy atom. The van der Waals surface area contributed by atoms with Gasteiger partial charge >= 0.3 is 0 Å². The van der Waals surface area contributed by atoms with Crippen LogP contribution in [0.1, 0.15) is 16.7 Å². The molecular formula is C21H26ClN3O3S. The van der Waals surface area contributed by atoms with E-state index in [4.69, 9.17) is 11.6 Å². The van der Waals surface area contributed by atoms with E-state index in [2.05, 4.69) is 5.32 Å². The molecule has 8 heteroatoms. The fourth-order valence-corrected chi connectivity index (χ4v) is 5.28. The first kappa shape index (κ1) is 21.8. The molecule has 29 heavy (non-hydrogen) atoms. The molecule has 1 aliphatic heterocycles. The third-order valence-electron chi connectivity index (χ3n) is 5.13. The van der Waals surface area contributed by atoms with Crippen molar-refractivity contribution in [3.05, 3.63) is 58.1 Å². The predicted molar refractivity (Wildman–Crippen MR) is 116 cm³/mol. The second-order valence-corrected chi connectivity index (χ2v) is 9.80. The number of carbonyl (C=O) groups excluding carboxylic acids is 1. The minimum Gasteiger partial charge on any atom is -0.325 e. The average Bonchev–Trinajstić information content (AvgIpc) is 2.67. The molecular weight excluding hydrogens is 410 g/mol. The lowest BCUT2D eigenvalue weighted by atomic mass is 10.2. The summed E-state index contributed by atoms with van der Waals surface area (Å²) < 4.78 is 27.5. The van der Waals surface area contributed by atoms with Crippen LogP contribution in [0.2, 0.25) is 5.02 Å². The van der Waals surface area contributed by atoms with Crippen LogP contribution in [0.5, 0.6) is 0 Å². The summed E-state index contributed by atoms with van der Waals surface area (Å²) in [6.07, 6.45) is 0. The maximum Gasteiger partial charge on any atom is 0.243 e. The molecule has 0 saturated carbocycles. The number of amides is 1. The van der Waals surface area contributed by atoms with Crippen LogP contribution in [0.3, 0.4) is 0 Å². The Morgan fingerprint density at radius 1 is 1.00 bits per heavy atom. The summed E-state index contributed by atoms with van der Waals surface area (Å²) in [5, 5.41) is 3.45. The molecule has 0 bridgehead atoms. The number of anilines is 1. The molecule has 1 heterocycles. The van der Waals surface area contributed by atoms with Gasteiger partial charge in [0.1, 0.15) is 0 Å². The van der Waals surface area contributed by atoms with E-state index in [1.807, 2.05) is 43.9 Å². The van der Waals surface area contributed by atoms with E-state index in [0.29, 0.717) is 41.8 Å². The number of nitrogens with zero attached hydrogens (tertiary/aromatic N) is 2. The van der Waals surface area contributed by atoms with Crippen LogP contribution in [-0.4, -0.2) is 56.3 Å². The summed E-state index contributed by atoms with van der Waals surface area (Å²) >= 11 is 6.00. The highest BCUT2D eigenvalue weighted by Crippen LogP contribution is 2.23. The van der Waals surface area contributed by atoms with Crippen LogP contribution in [0.25, 0.3) is 0 Å². The first-order valence-corrected chi connectivity index (χ1v) is 11.3. The van der Waals surface area contributed by atoms with E-state index in [1.165, 1.54) is 4.31 Å². The maximum atomic E-state index is 13.0. The van der Waals surface area contributed by atoms with Crippen molar-refractivity contribution >= 4 is 33.2 Å². The van der Waals surface area contributed by atoms with Gasteiger partial charge in [-0.25, -0.2) is 8.42 Å². The van der Waals surface area contributed by atoms with E-state index in [-0.39, 0.29) is 12.5 Å². The number of hydrogen-bond acceptors (Lipinski definition) is 4. The van der Waals surface area contributed by atoms with Crippen molar-refractivity contribution in [2.75, 3.05) is 38.0 Å². The van der Waals surface area contributed by atoms with Crippen molar-refractivity contribution in [2.45, 2.75) is 25.7 Å². The Labute approximate surface area is 177 Å². The second kappa shape index (κ2) is 8.83. The van der Waals surface area contributed by atoms with Crippen molar-refractivity contribution in [3.8, 4) is 0 Å². The lowest BCUT2D eigenvalue weighted by Crippen LogP contribution is -2.50. The zero-order valence-corrected chi connectivity index (χ0v) is 18.5. The molecule has 2 aromatic rings. The fourth-order valence-electron chi connectivity index (χ4n) is 3.37. The van der Waals surface area contributed by atoms with Crippen LogP contribution in [-0.2, 0) is 14.8 Å². The predicted octanol–water partition coefficient (Wildman–Crippen LogP) is 3.21. The maximum absolute atomic E-state index is 13.0. The molecule has 3 rings (SSSR count). The van der Waals surface area contributed by atoms with E-state index in [9.17, 15) is 13.2 Å². The molecule has 1 amide bonds. The molecule has 1 aliphatic rings. The molecule has 0 aliphatic carbocycles. The quantitative estimate of drug-likeness (QED) is 0.782. The number of piperazine rings is 1. The van der Waals surface area contributed by atoms with Gasteiger partial charge in [-0.15, -0.1) is 0 Å². The Kier molecular flexibility index (Phi) is 6.63. The van der Waals surface area contributed by atoms with Gasteiger partial charge in [-0.1, -0.05) is 29.8 Å². The minimum absolute atomic E-state index is 0.138. The number of benzene rings is 2. The third-order valence-corrected chi connectivity index (χ3v) is 7.41. The molecule has 156 valence electrons. The zero-order chi connectivity index (χ0) is 21.2. The van der Waals surface area contributed by atoms with Gasteiger partial charge in [0.25, 0.3) is 0 Å². The third kappa shape index (κ3) is 5.17. The van der Waals surface area contributed by atoms with E-state index in [1.54, 1.807) is 18.2 Å². The number of aryl methyl sites for hydroxylation is 3. The normalized spacial score (nSPS) is 16.0. The van der Waals surface area contributed by atoms with Gasteiger partial charge in [0.05, 0.1) is 11.4 Å². The van der Waals surface area contributed by atoms with Crippen molar-refractivity contribution in [1.82, 2.24) is 9.21 Å². The van der Waals surface area contributed by atoms with Crippen LogP contribution < -0.4 is 5.32 Å². The number of nitrogens with one attached hydrogen (secondary N) is 1. The van der Waals surface area contributed by atoms with Crippen molar-refractivity contribution in [1.29, 1.82) is 0 Å². The number of halogens is 1. The first-order valence-electron chi connectivity index (χ1n) is 9.52. The van der Waals surface area contributed by atoms with Gasteiger partial charge in [0.15, 0.2) is 0 Å². The summed E-state index contributed by atoms with van der Waals surface area (Å²) in [5.74, 6) is -0.138. The van der Waals surface area contributed by atoms with Crippen LogP contribution >= 0.6 is 11.6 Å². The lowest BCUT2D eigenvalue weighted by molar-refractivity contribution is -0.117. The standard InChI is InChI=1S/C21H26ClN3O3S/c1-15-4-5-17(3)20(12-15)29(27,28)25-10-8-24(9-11-25)14-21(26)23-19-13-18(22)7-6-16(19)2/h4-7,12-13H,8-11,14H2,1-3H3,(H,23,26). The van der Waals surface area contributed by atoms with Gasteiger partial charge in [0, 0.05) is 36.9 Å². The average molecular weight is 436 g/mol. The fraction of sp³-hybridized carbons (Fsp3) is 0.381. The molecule has 1 saturated heterocycles. The number of sulfonamides is 1. The van der Waals surface area contributed by atoms with Crippen molar-refractivity contribution in [2.24, 2.45) is 0 Å². The molecule has 2 aromatic carbocycles. The Bertz CT molecular complexity index is 1020. The molecule has 6 nitrogen and oxygen atoms in total. The molecule has 0 aromatic heterocycles. The van der Waals surface area contributed by atoms with Gasteiger partial charge in [-0.05, 0) is 55.7 Å². The topological polar surface area (TPSA) is 69.7 Å². The van der Waals surface area contributed by atoms with Crippen LogP contribution in [0, 0.1) is 20.8 Å². The number of carbonyl (C=O) groups is 1. The molecule has 0 radical (unpaired) electrons. The molecule has 1 N–H and O–H groups in total. The van der Waals surface area contributed by atoms with E-state index in [0.717, 1.165) is 16.7 Å². The highest BCUT2D eigenvalue weighted by molar-refractivity contribution is 7.89. The largest absolute Gasteiger partial charge is 0.325 e. The lowest BCUT2D eigenvalue weighted by Gasteiger charge is -2.33. The summed E-state index contributed by atoms with van der Waals surface area (Å²) in [6, 6.07) is 10.8. The van der Waals surface area contributed by atoms with Gasteiger partial charge in [-0.3, -0.25) is 9.69 Å². The van der Waals surface area contributed by atoms with Crippen molar-refractivity contribution in [3.63, 3.8) is 0 Å². The summed E-state index contributed by atoms with van der Waals surface area (Å²) in [6.45, 7) is 7.55. The van der Waals surface area contributed by atoms with Gasteiger partial charge in [-0.2, -0.15) is 4.31 Å². The van der Waals surface area contributed by atoms with Crippen LogP contribution in [0.15, 0.2) is 41.3 Å². The summed E-state index contributed by atoms with van der Waals surface area (Å²) in [4.78, 5) is 14.7. The smallest absolute Gasteiger partial charge is 0.243 e. The van der Waals surface area contributed by atoms with Gasteiger partial charge in [0.2, 0.25) is 15.9 Å². The Morgan fingerprint density at radius 3 is 2.34 bits per heavy atom. The molecule has 0 spiro atoms. The molecule has 0 unspecified atom stereocenters. The van der Waals surface area contributed by atoms with Crippen molar-refractivity contribution < 1.29 is 13.2 Å². The van der Waals surface area contributed by atoms with E-state index < -0.39 is 10.0 Å². The van der Waals surface area contributed by atoms with Crippen LogP contribution in [0.4, 0.5) is 5.69 Å². The highest BCUT2D eigenvalue weighted by Gasteiger charge is 2.30. The summed E-state index contributed by atoms with van der Waals surface area (Å²) in [5.41, 5.74) is 3.29. The number of hydrogen-bond donors (Lipinski definition) is 1. The summed E-state index contributed by atoms with van der Waals surface area (Å²) in [7, 11) is -3.53. The zero-order valence-electron chi connectivity index (χ0n) is 16.9. The van der Waals surface area contributed by atoms with Gasteiger partial charge < -0.3 is 5.32 Å². The molecule has 1 fully saturated rings. The first-order chi connectivity index (χ1) is 13.7. The number of rotatable bonds is 5. The Balaban J connectivity index is 1.59. The van der Waals surface area contributed by atoms with E-state index >= 15 is 0 Å². The Hall–Kier alpha value is -1.93. The molecule has 0 atom stereocenters. The highest BCUT2D eigenvalue weighted by atomic mass is 35.5. The monoisotopic (exact) mass is 435 g/mol. The SMILES string of the molecule is Cc1ccc(C)c(S(=O)(=O)N2CCN(CC(=O)Nc3cc(Cl)ccc3C)CC2)c1.